The van der Waals surface area contributed by atoms with Crippen LogP contribution in [0.4, 0.5) is 5.69 Å². The quantitative estimate of drug-likeness (QED) is 0.745. The standard InChI is InChI=1S/C14H20ClNS/c1-11-4-5-13(12(8-11)9-15)16-6-7-17-14(2,3)10-16/h4-5,8H,6-7,9-10H2,1-3H3. The van der Waals surface area contributed by atoms with E-state index >= 15 is 0 Å². The van der Waals surface area contributed by atoms with E-state index in [1.807, 2.05) is 0 Å². The van der Waals surface area contributed by atoms with E-state index < -0.39 is 0 Å². The first-order valence-electron chi connectivity index (χ1n) is 6.06. The van der Waals surface area contributed by atoms with Crippen LogP contribution in [-0.2, 0) is 5.88 Å². The second kappa shape index (κ2) is 5.11. The molecule has 94 valence electrons. The number of aryl methyl sites for hydroxylation is 1. The van der Waals surface area contributed by atoms with Crippen LogP contribution in [0, 0.1) is 6.92 Å². The van der Waals surface area contributed by atoms with E-state index in [2.05, 4.69) is 55.6 Å². The van der Waals surface area contributed by atoms with Gasteiger partial charge in [0.05, 0.1) is 0 Å². The van der Waals surface area contributed by atoms with Crippen LogP contribution in [0.15, 0.2) is 18.2 Å². The molecule has 0 radical (unpaired) electrons. The van der Waals surface area contributed by atoms with Gasteiger partial charge < -0.3 is 4.90 Å². The summed E-state index contributed by atoms with van der Waals surface area (Å²) in [6.45, 7) is 8.98. The summed E-state index contributed by atoms with van der Waals surface area (Å²) in [5.74, 6) is 1.80. The van der Waals surface area contributed by atoms with Gasteiger partial charge >= 0.3 is 0 Å². The summed E-state index contributed by atoms with van der Waals surface area (Å²) >= 11 is 8.12. The third kappa shape index (κ3) is 3.11. The third-order valence-corrected chi connectivity index (χ3v) is 4.73. The molecule has 0 atom stereocenters. The topological polar surface area (TPSA) is 3.24 Å². The van der Waals surface area contributed by atoms with E-state index in [0.29, 0.717) is 10.6 Å². The Morgan fingerprint density at radius 1 is 1.41 bits per heavy atom. The SMILES string of the molecule is Cc1ccc(N2CCSC(C)(C)C2)c(CCl)c1. The molecule has 1 saturated heterocycles. The minimum absolute atomic E-state index is 0.340. The smallest absolute Gasteiger partial charge is 0.0494 e. The summed E-state index contributed by atoms with van der Waals surface area (Å²) in [7, 11) is 0. The Hall–Kier alpha value is -0.340. The molecule has 2 rings (SSSR count). The molecule has 0 bridgehead atoms. The van der Waals surface area contributed by atoms with Gasteiger partial charge in [0.25, 0.3) is 0 Å². The molecule has 1 aliphatic rings. The fraction of sp³-hybridized carbons (Fsp3) is 0.571. The number of alkyl halides is 1. The molecule has 0 aromatic heterocycles. The van der Waals surface area contributed by atoms with E-state index in [9.17, 15) is 0 Å². The van der Waals surface area contributed by atoms with E-state index in [0.717, 1.165) is 13.1 Å². The van der Waals surface area contributed by atoms with Crippen LogP contribution < -0.4 is 4.90 Å². The molecule has 1 aromatic carbocycles. The highest BCUT2D eigenvalue weighted by Gasteiger charge is 2.27. The molecule has 1 heterocycles. The minimum Gasteiger partial charge on any atom is -0.369 e. The lowest BCUT2D eigenvalue weighted by atomic mass is 10.1. The Balaban J connectivity index is 2.27. The van der Waals surface area contributed by atoms with Crippen molar-refractivity contribution in [2.24, 2.45) is 0 Å². The van der Waals surface area contributed by atoms with Gasteiger partial charge in [-0.25, -0.2) is 0 Å². The maximum absolute atomic E-state index is 6.06. The monoisotopic (exact) mass is 269 g/mol. The predicted molar refractivity (Wildman–Crippen MR) is 79.5 cm³/mol. The molecule has 0 saturated carbocycles. The highest BCUT2D eigenvalue weighted by atomic mass is 35.5. The lowest BCUT2D eigenvalue weighted by molar-refractivity contribution is 0.646. The van der Waals surface area contributed by atoms with Crippen LogP contribution >= 0.6 is 23.4 Å². The largest absolute Gasteiger partial charge is 0.369 e. The van der Waals surface area contributed by atoms with E-state index in [4.69, 9.17) is 11.6 Å². The van der Waals surface area contributed by atoms with Crippen LogP contribution in [0.25, 0.3) is 0 Å². The first-order valence-corrected chi connectivity index (χ1v) is 7.58. The number of nitrogens with zero attached hydrogens (tertiary/aromatic N) is 1. The number of benzene rings is 1. The van der Waals surface area contributed by atoms with Gasteiger partial charge in [0, 0.05) is 35.2 Å². The number of anilines is 1. The molecule has 1 fully saturated rings. The summed E-state index contributed by atoms with van der Waals surface area (Å²) in [6, 6.07) is 6.61. The summed E-state index contributed by atoms with van der Waals surface area (Å²) < 4.78 is 0.340. The Morgan fingerprint density at radius 3 is 2.82 bits per heavy atom. The van der Waals surface area contributed by atoms with Crippen molar-refractivity contribution in [2.75, 3.05) is 23.7 Å². The number of hydrogen-bond acceptors (Lipinski definition) is 2. The first kappa shape index (κ1) is 13.1. The molecule has 0 unspecified atom stereocenters. The molecule has 17 heavy (non-hydrogen) atoms. The molecular formula is C14H20ClNS. The number of hydrogen-bond donors (Lipinski definition) is 0. The maximum Gasteiger partial charge on any atom is 0.0494 e. The van der Waals surface area contributed by atoms with Gasteiger partial charge in [-0.1, -0.05) is 17.7 Å². The highest BCUT2D eigenvalue weighted by Crippen LogP contribution is 2.34. The second-order valence-electron chi connectivity index (χ2n) is 5.30. The number of halogens is 1. The highest BCUT2D eigenvalue weighted by molar-refractivity contribution is 8.00. The second-order valence-corrected chi connectivity index (χ2v) is 7.36. The molecule has 1 aromatic rings. The van der Waals surface area contributed by atoms with E-state index in [-0.39, 0.29) is 0 Å². The Kier molecular flexibility index (Phi) is 3.94. The molecule has 0 spiro atoms. The van der Waals surface area contributed by atoms with Gasteiger partial charge in [-0.05, 0) is 32.4 Å². The van der Waals surface area contributed by atoms with Gasteiger partial charge in [-0.15, -0.1) is 11.6 Å². The summed E-state index contributed by atoms with van der Waals surface area (Å²) in [5.41, 5.74) is 3.86. The first-order chi connectivity index (χ1) is 8.02. The van der Waals surface area contributed by atoms with Crippen molar-refractivity contribution in [2.45, 2.75) is 31.4 Å². The molecule has 1 nitrogen and oxygen atoms in total. The molecule has 0 aliphatic carbocycles. The third-order valence-electron chi connectivity index (χ3n) is 3.15. The van der Waals surface area contributed by atoms with Crippen molar-refractivity contribution in [1.29, 1.82) is 0 Å². The van der Waals surface area contributed by atoms with Crippen LogP contribution in [0.5, 0.6) is 0 Å². The van der Waals surface area contributed by atoms with Crippen LogP contribution in [-0.4, -0.2) is 23.6 Å². The van der Waals surface area contributed by atoms with E-state index in [1.54, 1.807) is 0 Å². The normalized spacial score (nSPS) is 19.4. The maximum atomic E-state index is 6.06. The van der Waals surface area contributed by atoms with Crippen molar-refractivity contribution in [1.82, 2.24) is 0 Å². The van der Waals surface area contributed by atoms with Crippen molar-refractivity contribution < 1.29 is 0 Å². The van der Waals surface area contributed by atoms with Crippen LogP contribution in [0.2, 0.25) is 0 Å². The molecule has 1 aliphatic heterocycles. The fourth-order valence-electron chi connectivity index (χ4n) is 2.35. The number of rotatable bonds is 2. The average molecular weight is 270 g/mol. The van der Waals surface area contributed by atoms with Gasteiger partial charge in [-0.2, -0.15) is 11.8 Å². The van der Waals surface area contributed by atoms with Gasteiger partial charge in [0.15, 0.2) is 0 Å². The summed E-state index contributed by atoms with van der Waals surface area (Å²) in [4.78, 5) is 2.48. The van der Waals surface area contributed by atoms with Gasteiger partial charge in [0.2, 0.25) is 0 Å². The summed E-state index contributed by atoms with van der Waals surface area (Å²) in [6.07, 6.45) is 0. The zero-order chi connectivity index (χ0) is 12.5. The Bertz CT molecular complexity index is 403. The van der Waals surface area contributed by atoms with Crippen molar-refractivity contribution >= 4 is 29.1 Å². The zero-order valence-electron chi connectivity index (χ0n) is 10.8. The average Bonchev–Trinajstić information content (AvgIpc) is 2.27. The summed E-state index contributed by atoms with van der Waals surface area (Å²) in [5, 5.41) is 0. The van der Waals surface area contributed by atoms with E-state index in [1.165, 1.54) is 22.6 Å². The Morgan fingerprint density at radius 2 is 2.18 bits per heavy atom. The lowest BCUT2D eigenvalue weighted by Gasteiger charge is -2.39. The lowest BCUT2D eigenvalue weighted by Crippen LogP contribution is -2.43. The molecule has 0 N–H and O–H groups in total. The molecular weight excluding hydrogens is 250 g/mol. The molecule has 3 heteroatoms. The van der Waals surface area contributed by atoms with Crippen molar-refractivity contribution in [3.8, 4) is 0 Å². The zero-order valence-corrected chi connectivity index (χ0v) is 12.4. The van der Waals surface area contributed by atoms with Gasteiger partial charge in [-0.3, -0.25) is 0 Å². The van der Waals surface area contributed by atoms with Crippen LogP contribution in [0.1, 0.15) is 25.0 Å². The van der Waals surface area contributed by atoms with Crippen molar-refractivity contribution in [3.05, 3.63) is 29.3 Å². The molecule has 0 amide bonds. The fourth-order valence-corrected chi connectivity index (χ4v) is 3.68. The van der Waals surface area contributed by atoms with Crippen molar-refractivity contribution in [3.63, 3.8) is 0 Å². The van der Waals surface area contributed by atoms with Gasteiger partial charge in [0.1, 0.15) is 0 Å². The number of thioether (sulfide) groups is 1. The Labute approximate surface area is 114 Å². The minimum atomic E-state index is 0.340. The van der Waals surface area contributed by atoms with Crippen LogP contribution in [0.3, 0.4) is 0 Å². The predicted octanol–water partition coefficient (Wildman–Crippen LogP) is 4.07.